The molecule has 106 valence electrons. The van der Waals surface area contributed by atoms with E-state index in [-0.39, 0.29) is 5.91 Å². The first-order valence-electron chi connectivity index (χ1n) is 6.77. The van der Waals surface area contributed by atoms with Crippen molar-refractivity contribution in [3.05, 3.63) is 65.4 Å². The van der Waals surface area contributed by atoms with Crippen LogP contribution >= 0.6 is 0 Å². The van der Waals surface area contributed by atoms with E-state index in [0.29, 0.717) is 18.8 Å². The van der Waals surface area contributed by atoms with Crippen LogP contribution in [-0.2, 0) is 13.1 Å². The molecule has 21 heavy (non-hydrogen) atoms. The van der Waals surface area contributed by atoms with Gasteiger partial charge >= 0.3 is 0 Å². The smallest absolute Gasteiger partial charge is 0.272 e. The number of hydrogen-bond donors (Lipinski definition) is 3. The standard InChI is InChI=1S/C16H16N4O/c17-9-11-5-7-12(8-6-11)10-18-16(21)15-13-3-1-2-4-14(13)19-20-15/h1-8H,9-10,17H2,(H,18,21)(H,19,20). The highest BCUT2D eigenvalue weighted by Gasteiger charge is 2.13. The number of carbonyl (C=O) groups excluding carboxylic acids is 1. The molecule has 0 aliphatic rings. The topological polar surface area (TPSA) is 83.8 Å². The number of amides is 1. The Morgan fingerprint density at radius 2 is 1.81 bits per heavy atom. The zero-order chi connectivity index (χ0) is 14.7. The molecule has 0 aliphatic carbocycles. The van der Waals surface area contributed by atoms with Crippen molar-refractivity contribution >= 4 is 16.8 Å². The van der Waals surface area contributed by atoms with Crippen molar-refractivity contribution in [1.29, 1.82) is 0 Å². The summed E-state index contributed by atoms with van der Waals surface area (Å²) in [6.07, 6.45) is 0. The Bertz CT molecular complexity index is 761. The number of nitrogens with two attached hydrogens (primary N) is 1. The number of aromatic amines is 1. The van der Waals surface area contributed by atoms with Crippen molar-refractivity contribution in [2.45, 2.75) is 13.1 Å². The molecule has 0 unspecified atom stereocenters. The minimum atomic E-state index is -0.185. The molecule has 0 aliphatic heterocycles. The molecular formula is C16H16N4O. The van der Waals surface area contributed by atoms with Gasteiger partial charge in [0.05, 0.1) is 5.52 Å². The van der Waals surface area contributed by atoms with Crippen molar-refractivity contribution in [3.8, 4) is 0 Å². The van der Waals surface area contributed by atoms with Crippen molar-refractivity contribution in [3.63, 3.8) is 0 Å². The number of rotatable bonds is 4. The third-order valence-electron chi connectivity index (χ3n) is 3.40. The summed E-state index contributed by atoms with van der Waals surface area (Å²) in [4.78, 5) is 12.2. The van der Waals surface area contributed by atoms with Gasteiger partial charge in [-0.25, -0.2) is 0 Å². The van der Waals surface area contributed by atoms with Crippen LogP contribution in [0.1, 0.15) is 21.6 Å². The van der Waals surface area contributed by atoms with E-state index in [9.17, 15) is 4.79 Å². The average Bonchev–Trinajstić information content (AvgIpc) is 2.97. The number of carbonyl (C=O) groups is 1. The monoisotopic (exact) mass is 280 g/mol. The Morgan fingerprint density at radius 3 is 2.57 bits per heavy atom. The second-order valence-corrected chi connectivity index (χ2v) is 4.82. The molecule has 0 bridgehead atoms. The van der Waals surface area contributed by atoms with E-state index < -0.39 is 0 Å². The van der Waals surface area contributed by atoms with E-state index >= 15 is 0 Å². The van der Waals surface area contributed by atoms with E-state index in [1.165, 1.54) is 0 Å². The Kier molecular flexibility index (Phi) is 3.66. The number of benzene rings is 2. The highest BCUT2D eigenvalue weighted by Crippen LogP contribution is 2.15. The first-order valence-corrected chi connectivity index (χ1v) is 6.77. The van der Waals surface area contributed by atoms with Crippen molar-refractivity contribution < 1.29 is 4.79 Å². The Labute approximate surface area is 122 Å². The molecule has 3 aromatic rings. The van der Waals surface area contributed by atoms with E-state index in [1.807, 2.05) is 48.5 Å². The molecule has 0 saturated heterocycles. The van der Waals surface area contributed by atoms with Gasteiger partial charge < -0.3 is 11.1 Å². The fourth-order valence-electron chi connectivity index (χ4n) is 2.20. The SMILES string of the molecule is NCc1ccc(CNC(=O)c2n[nH]c3ccccc23)cc1. The van der Waals surface area contributed by atoms with Gasteiger partial charge in [0.1, 0.15) is 0 Å². The zero-order valence-electron chi connectivity index (χ0n) is 11.5. The zero-order valence-corrected chi connectivity index (χ0v) is 11.5. The van der Waals surface area contributed by atoms with Gasteiger partial charge in [-0.05, 0) is 17.2 Å². The lowest BCUT2D eigenvalue weighted by molar-refractivity contribution is 0.0947. The van der Waals surface area contributed by atoms with Crippen LogP contribution in [0.3, 0.4) is 0 Å². The molecular weight excluding hydrogens is 264 g/mol. The quantitative estimate of drug-likeness (QED) is 0.683. The Hall–Kier alpha value is -2.66. The number of H-pyrrole nitrogens is 1. The highest BCUT2D eigenvalue weighted by molar-refractivity contribution is 6.04. The maximum atomic E-state index is 12.2. The third-order valence-corrected chi connectivity index (χ3v) is 3.40. The van der Waals surface area contributed by atoms with Crippen molar-refractivity contribution in [2.75, 3.05) is 0 Å². The van der Waals surface area contributed by atoms with Crippen molar-refractivity contribution in [2.24, 2.45) is 5.73 Å². The summed E-state index contributed by atoms with van der Waals surface area (Å²) >= 11 is 0. The van der Waals surface area contributed by atoms with Crippen LogP contribution in [0.2, 0.25) is 0 Å². The summed E-state index contributed by atoms with van der Waals surface area (Å²) < 4.78 is 0. The first-order chi connectivity index (χ1) is 10.3. The van der Waals surface area contributed by atoms with Gasteiger partial charge in [-0.1, -0.05) is 42.5 Å². The highest BCUT2D eigenvalue weighted by atomic mass is 16.1. The van der Waals surface area contributed by atoms with E-state index in [2.05, 4.69) is 15.5 Å². The summed E-state index contributed by atoms with van der Waals surface area (Å²) in [7, 11) is 0. The number of para-hydroxylation sites is 1. The summed E-state index contributed by atoms with van der Waals surface area (Å²) in [5.41, 5.74) is 8.94. The Balaban J connectivity index is 1.71. The molecule has 5 nitrogen and oxygen atoms in total. The number of nitrogens with zero attached hydrogens (tertiary/aromatic N) is 1. The third kappa shape index (κ3) is 2.78. The van der Waals surface area contributed by atoms with Gasteiger partial charge in [0.15, 0.2) is 5.69 Å². The van der Waals surface area contributed by atoms with Crippen LogP contribution in [0.15, 0.2) is 48.5 Å². The molecule has 0 saturated carbocycles. The molecule has 0 radical (unpaired) electrons. The second-order valence-electron chi connectivity index (χ2n) is 4.82. The fourth-order valence-corrected chi connectivity index (χ4v) is 2.20. The van der Waals surface area contributed by atoms with Gasteiger partial charge in [-0.2, -0.15) is 5.10 Å². The molecule has 3 rings (SSSR count). The van der Waals surface area contributed by atoms with Crippen LogP contribution in [0.4, 0.5) is 0 Å². The predicted octanol–water partition coefficient (Wildman–Crippen LogP) is 1.95. The second kappa shape index (κ2) is 5.76. The van der Waals surface area contributed by atoms with Gasteiger partial charge in [0.25, 0.3) is 5.91 Å². The van der Waals surface area contributed by atoms with Gasteiger partial charge in [-0.3, -0.25) is 9.89 Å². The van der Waals surface area contributed by atoms with Crippen LogP contribution in [0.25, 0.3) is 10.9 Å². The molecule has 5 heteroatoms. The molecule has 1 heterocycles. The molecule has 0 spiro atoms. The summed E-state index contributed by atoms with van der Waals surface area (Å²) in [6.45, 7) is 0.983. The fraction of sp³-hybridized carbons (Fsp3) is 0.125. The number of hydrogen-bond acceptors (Lipinski definition) is 3. The summed E-state index contributed by atoms with van der Waals surface area (Å²) in [5.74, 6) is -0.185. The van der Waals surface area contributed by atoms with E-state index in [1.54, 1.807) is 0 Å². The molecule has 0 atom stereocenters. The largest absolute Gasteiger partial charge is 0.347 e. The predicted molar refractivity (Wildman–Crippen MR) is 81.6 cm³/mol. The number of nitrogens with one attached hydrogen (secondary N) is 2. The first kappa shape index (κ1) is 13.3. The summed E-state index contributed by atoms with van der Waals surface area (Å²) in [5, 5.41) is 10.6. The number of aromatic nitrogens is 2. The molecule has 2 aromatic carbocycles. The van der Waals surface area contributed by atoms with E-state index in [4.69, 9.17) is 5.73 Å². The summed E-state index contributed by atoms with van der Waals surface area (Å²) in [6, 6.07) is 15.4. The maximum absolute atomic E-state index is 12.2. The maximum Gasteiger partial charge on any atom is 0.272 e. The van der Waals surface area contributed by atoms with Crippen LogP contribution in [0, 0.1) is 0 Å². The number of fused-ring (bicyclic) bond motifs is 1. The lowest BCUT2D eigenvalue weighted by Crippen LogP contribution is -2.23. The normalized spacial score (nSPS) is 10.7. The average molecular weight is 280 g/mol. The molecule has 1 aromatic heterocycles. The van der Waals surface area contributed by atoms with Gasteiger partial charge in [0.2, 0.25) is 0 Å². The van der Waals surface area contributed by atoms with Gasteiger partial charge in [0, 0.05) is 18.5 Å². The molecule has 1 amide bonds. The minimum absolute atomic E-state index is 0.185. The molecule has 4 N–H and O–H groups in total. The minimum Gasteiger partial charge on any atom is -0.347 e. The van der Waals surface area contributed by atoms with E-state index in [0.717, 1.165) is 22.0 Å². The van der Waals surface area contributed by atoms with Crippen LogP contribution in [0.5, 0.6) is 0 Å². The van der Waals surface area contributed by atoms with Gasteiger partial charge in [-0.15, -0.1) is 0 Å². The molecule has 0 fully saturated rings. The van der Waals surface area contributed by atoms with Crippen LogP contribution in [-0.4, -0.2) is 16.1 Å². The Morgan fingerprint density at radius 1 is 1.10 bits per heavy atom. The lowest BCUT2D eigenvalue weighted by Gasteiger charge is -2.05. The van der Waals surface area contributed by atoms with Crippen molar-refractivity contribution in [1.82, 2.24) is 15.5 Å². The van der Waals surface area contributed by atoms with Crippen LogP contribution < -0.4 is 11.1 Å². The lowest BCUT2D eigenvalue weighted by atomic mass is 10.1.